The largest absolute Gasteiger partial charge is 0.494 e. The molecule has 1 aliphatic rings. The number of nitrogens with one attached hydrogen (secondary N) is 2. The molecule has 2 aromatic carbocycles. The lowest BCUT2D eigenvalue weighted by molar-refractivity contribution is 0.139. The van der Waals surface area contributed by atoms with Crippen molar-refractivity contribution in [3.8, 4) is 17.0 Å². The van der Waals surface area contributed by atoms with Crippen LogP contribution < -0.4 is 10.1 Å². The Labute approximate surface area is 142 Å². The maximum Gasteiger partial charge on any atom is 0.407 e. The fraction of sp³-hybridized carbons (Fsp3) is 0.222. The van der Waals surface area contributed by atoms with Crippen LogP contribution in [0.15, 0.2) is 36.4 Å². The lowest BCUT2D eigenvalue weighted by Gasteiger charge is -2.08. The van der Waals surface area contributed by atoms with E-state index in [-0.39, 0.29) is 6.61 Å². The van der Waals surface area contributed by atoms with Gasteiger partial charge in [0.15, 0.2) is 0 Å². The Morgan fingerprint density at radius 3 is 2.96 bits per heavy atom. The zero-order chi connectivity index (χ0) is 17.2. The summed E-state index contributed by atoms with van der Waals surface area (Å²) in [5.41, 5.74) is 2.63. The molecule has 0 saturated carbocycles. The molecule has 7 heteroatoms. The van der Waals surface area contributed by atoms with Gasteiger partial charge in [-0.2, -0.15) is 5.10 Å². The second kappa shape index (κ2) is 6.43. The Morgan fingerprint density at radius 1 is 1.12 bits per heavy atom. The van der Waals surface area contributed by atoms with Crippen molar-refractivity contribution in [1.29, 1.82) is 0 Å². The first-order valence-electron chi connectivity index (χ1n) is 8.00. The third-order valence-corrected chi connectivity index (χ3v) is 3.99. The van der Waals surface area contributed by atoms with Gasteiger partial charge >= 0.3 is 6.09 Å². The molecule has 25 heavy (non-hydrogen) atoms. The number of ether oxygens (including phenoxy) is 2. The third-order valence-electron chi connectivity index (χ3n) is 3.99. The number of benzene rings is 2. The van der Waals surface area contributed by atoms with Gasteiger partial charge in [0, 0.05) is 17.5 Å². The van der Waals surface area contributed by atoms with E-state index >= 15 is 0 Å². The first-order chi connectivity index (χ1) is 12.2. The molecule has 3 aromatic rings. The van der Waals surface area contributed by atoms with Crippen molar-refractivity contribution in [2.45, 2.75) is 13.0 Å². The standard InChI is InChI=1S/C18H16FN3O3/c19-13-7-11-6-12(8-13)17-15-9-14(2-3-16(15)21-22-17)24-5-1-4-20-18(23)25-10-11/h2-3,6-9H,1,4-5,10H2,(H,20,23)(H,21,22). The molecule has 2 heterocycles. The zero-order valence-corrected chi connectivity index (χ0v) is 13.3. The SMILES string of the molecule is O=C1NCCCOc2ccc3[nH]nc(c3c2)-c2cc(F)cc(c2)CO1. The molecule has 0 spiro atoms. The molecule has 0 saturated heterocycles. The summed E-state index contributed by atoms with van der Waals surface area (Å²) in [6.07, 6.45) is 0.108. The van der Waals surface area contributed by atoms with Crippen molar-refractivity contribution in [1.82, 2.24) is 15.5 Å². The number of amides is 1. The van der Waals surface area contributed by atoms with Gasteiger partial charge < -0.3 is 14.8 Å². The van der Waals surface area contributed by atoms with Gasteiger partial charge in [0.05, 0.1) is 12.1 Å². The van der Waals surface area contributed by atoms with Crippen LogP contribution in [0.5, 0.6) is 5.75 Å². The number of H-pyrrole nitrogens is 1. The summed E-state index contributed by atoms with van der Waals surface area (Å²) in [5.74, 6) is 0.286. The molecule has 0 radical (unpaired) electrons. The number of nitrogens with zero attached hydrogens (tertiary/aromatic N) is 1. The molecule has 1 aromatic heterocycles. The molecular formula is C18H16FN3O3. The van der Waals surface area contributed by atoms with Crippen molar-refractivity contribution in [2.75, 3.05) is 13.2 Å². The number of carbonyl (C=O) groups excluding carboxylic acids is 1. The molecule has 128 valence electrons. The highest BCUT2D eigenvalue weighted by molar-refractivity contribution is 5.93. The topological polar surface area (TPSA) is 76.2 Å². The highest BCUT2D eigenvalue weighted by Crippen LogP contribution is 2.30. The number of rotatable bonds is 0. The minimum atomic E-state index is -0.539. The predicted octanol–water partition coefficient (Wildman–Crippen LogP) is 3.38. The Morgan fingerprint density at radius 2 is 2.04 bits per heavy atom. The third kappa shape index (κ3) is 3.26. The van der Waals surface area contributed by atoms with Crippen molar-refractivity contribution in [3.63, 3.8) is 0 Å². The van der Waals surface area contributed by atoms with E-state index < -0.39 is 11.9 Å². The second-order valence-corrected chi connectivity index (χ2v) is 5.83. The molecule has 0 unspecified atom stereocenters. The number of cyclic esters (lactones) is 1. The van der Waals surface area contributed by atoms with Crippen LogP contribution in [0.3, 0.4) is 0 Å². The van der Waals surface area contributed by atoms with Crippen molar-refractivity contribution in [3.05, 3.63) is 47.8 Å². The summed E-state index contributed by atoms with van der Waals surface area (Å²) in [4.78, 5) is 11.7. The van der Waals surface area contributed by atoms with Gasteiger partial charge in [-0.25, -0.2) is 9.18 Å². The monoisotopic (exact) mass is 341 g/mol. The van der Waals surface area contributed by atoms with E-state index in [1.807, 2.05) is 18.2 Å². The summed E-state index contributed by atoms with van der Waals surface area (Å²) < 4.78 is 24.9. The number of fused-ring (bicyclic) bond motifs is 4. The van der Waals surface area contributed by atoms with Gasteiger partial charge in [0.25, 0.3) is 0 Å². The van der Waals surface area contributed by atoms with Gasteiger partial charge in [-0.05, 0) is 48.4 Å². The predicted molar refractivity (Wildman–Crippen MR) is 89.8 cm³/mol. The Kier molecular flexibility index (Phi) is 3.97. The lowest BCUT2D eigenvalue weighted by Crippen LogP contribution is -2.26. The second-order valence-electron chi connectivity index (χ2n) is 5.83. The highest BCUT2D eigenvalue weighted by atomic mass is 19.1. The van der Waals surface area contributed by atoms with E-state index in [9.17, 15) is 9.18 Å². The van der Waals surface area contributed by atoms with Crippen molar-refractivity contribution in [2.24, 2.45) is 0 Å². The van der Waals surface area contributed by atoms with Crippen LogP contribution >= 0.6 is 0 Å². The first-order valence-corrected chi connectivity index (χ1v) is 8.00. The van der Waals surface area contributed by atoms with Crippen LogP contribution in [0.25, 0.3) is 22.2 Å². The molecule has 0 fully saturated rings. The van der Waals surface area contributed by atoms with Crippen LogP contribution in [0, 0.1) is 5.82 Å². The molecule has 0 aliphatic carbocycles. The molecule has 1 aliphatic heterocycles. The summed E-state index contributed by atoms with van der Waals surface area (Å²) >= 11 is 0. The molecule has 4 rings (SSSR count). The fourth-order valence-electron chi connectivity index (χ4n) is 2.83. The van der Waals surface area contributed by atoms with E-state index in [0.29, 0.717) is 42.1 Å². The number of aromatic amines is 1. The van der Waals surface area contributed by atoms with Gasteiger partial charge in [-0.15, -0.1) is 0 Å². The summed E-state index contributed by atoms with van der Waals surface area (Å²) in [7, 11) is 0. The van der Waals surface area contributed by atoms with Gasteiger partial charge in [0.1, 0.15) is 23.9 Å². The average Bonchev–Trinajstić information content (AvgIpc) is 3.02. The normalized spacial score (nSPS) is 15.0. The smallest absolute Gasteiger partial charge is 0.407 e. The molecule has 0 atom stereocenters. The molecule has 1 amide bonds. The van der Waals surface area contributed by atoms with E-state index in [1.54, 1.807) is 6.07 Å². The summed E-state index contributed by atoms with van der Waals surface area (Å²) in [6.45, 7) is 0.883. The number of carbonyl (C=O) groups is 1. The van der Waals surface area contributed by atoms with E-state index in [2.05, 4.69) is 15.5 Å². The number of hydrogen-bond acceptors (Lipinski definition) is 4. The number of hydrogen-bond donors (Lipinski definition) is 2. The minimum Gasteiger partial charge on any atom is -0.494 e. The number of alkyl carbamates (subject to hydrolysis) is 1. The minimum absolute atomic E-state index is 0.0132. The Hall–Kier alpha value is -3.09. The Bertz CT molecular complexity index is 938. The number of aromatic nitrogens is 2. The van der Waals surface area contributed by atoms with Gasteiger partial charge in [-0.3, -0.25) is 5.10 Å². The maximum absolute atomic E-state index is 14.0. The van der Waals surface area contributed by atoms with E-state index in [4.69, 9.17) is 9.47 Å². The molecule has 4 bridgehead atoms. The molecular weight excluding hydrogens is 325 g/mol. The van der Waals surface area contributed by atoms with Crippen LogP contribution in [-0.2, 0) is 11.3 Å². The highest BCUT2D eigenvalue weighted by Gasteiger charge is 2.13. The van der Waals surface area contributed by atoms with Crippen LogP contribution in [0.2, 0.25) is 0 Å². The Balaban J connectivity index is 1.81. The molecule has 2 N–H and O–H groups in total. The fourth-order valence-corrected chi connectivity index (χ4v) is 2.83. The van der Waals surface area contributed by atoms with E-state index in [1.165, 1.54) is 12.1 Å². The quantitative estimate of drug-likeness (QED) is 0.657. The van der Waals surface area contributed by atoms with Crippen LogP contribution in [0.1, 0.15) is 12.0 Å². The zero-order valence-electron chi connectivity index (χ0n) is 13.3. The lowest BCUT2D eigenvalue weighted by atomic mass is 10.0. The number of halogens is 1. The van der Waals surface area contributed by atoms with E-state index in [0.717, 1.165) is 10.9 Å². The first kappa shape index (κ1) is 15.4. The van der Waals surface area contributed by atoms with Crippen molar-refractivity contribution < 1.29 is 18.7 Å². The maximum atomic E-state index is 14.0. The van der Waals surface area contributed by atoms with Gasteiger partial charge in [-0.1, -0.05) is 0 Å². The summed E-state index contributed by atoms with van der Waals surface area (Å²) in [5, 5.41) is 10.7. The average molecular weight is 341 g/mol. The van der Waals surface area contributed by atoms with Crippen LogP contribution in [0.4, 0.5) is 9.18 Å². The van der Waals surface area contributed by atoms with Gasteiger partial charge in [0.2, 0.25) is 0 Å². The summed E-state index contributed by atoms with van der Waals surface area (Å²) in [6, 6.07) is 10.1. The molecule has 6 nitrogen and oxygen atoms in total. The van der Waals surface area contributed by atoms with Crippen molar-refractivity contribution >= 4 is 17.0 Å². The van der Waals surface area contributed by atoms with Crippen LogP contribution in [-0.4, -0.2) is 29.4 Å².